The van der Waals surface area contributed by atoms with Crippen LogP contribution in [-0.2, 0) is 0 Å². The molecule has 2 nitrogen and oxygen atoms in total. The number of anilines is 1. The quantitative estimate of drug-likeness (QED) is 0.846. The van der Waals surface area contributed by atoms with E-state index >= 15 is 0 Å². The Morgan fingerprint density at radius 2 is 1.82 bits per heavy atom. The Kier molecular flexibility index (Phi) is 2.83. The van der Waals surface area contributed by atoms with E-state index in [0.717, 1.165) is 11.8 Å². The largest absolute Gasteiger partial charge is 0.371 e. The third-order valence-electron chi connectivity index (χ3n) is 4.49. The molecule has 1 aromatic carbocycles. The van der Waals surface area contributed by atoms with E-state index in [2.05, 4.69) is 36.1 Å². The number of fused-ring (bicyclic) bond motifs is 1. The second-order valence-corrected chi connectivity index (χ2v) is 5.70. The normalized spacial score (nSPS) is 29.4. The van der Waals surface area contributed by atoms with Crippen molar-refractivity contribution < 1.29 is 0 Å². The standard InChI is InChI=1S/C15H22N2/c1-11(16)14-7-2-3-8-15(14)17-9-12-5-4-6-13(12)10-17/h2-3,7-8,11-13H,4-6,9-10,16H2,1H3. The summed E-state index contributed by atoms with van der Waals surface area (Å²) in [6, 6.07) is 8.77. The molecule has 1 saturated heterocycles. The number of para-hydroxylation sites is 1. The van der Waals surface area contributed by atoms with Crippen LogP contribution in [0.3, 0.4) is 0 Å². The number of nitrogens with two attached hydrogens (primary N) is 1. The number of nitrogens with zero attached hydrogens (tertiary/aromatic N) is 1. The van der Waals surface area contributed by atoms with Gasteiger partial charge in [0.25, 0.3) is 0 Å². The van der Waals surface area contributed by atoms with Crippen molar-refractivity contribution in [1.29, 1.82) is 0 Å². The second-order valence-electron chi connectivity index (χ2n) is 5.70. The molecular weight excluding hydrogens is 208 g/mol. The molecule has 3 rings (SSSR count). The molecule has 2 N–H and O–H groups in total. The molecule has 3 unspecified atom stereocenters. The topological polar surface area (TPSA) is 29.3 Å². The van der Waals surface area contributed by atoms with Gasteiger partial charge in [-0.1, -0.05) is 24.6 Å². The van der Waals surface area contributed by atoms with Crippen molar-refractivity contribution in [1.82, 2.24) is 0 Å². The van der Waals surface area contributed by atoms with Crippen LogP contribution in [0, 0.1) is 11.8 Å². The van der Waals surface area contributed by atoms with E-state index in [-0.39, 0.29) is 6.04 Å². The first kappa shape index (κ1) is 11.1. The summed E-state index contributed by atoms with van der Waals surface area (Å²) in [5, 5.41) is 0. The van der Waals surface area contributed by atoms with Gasteiger partial charge in [-0.15, -0.1) is 0 Å². The lowest BCUT2D eigenvalue weighted by Gasteiger charge is -2.24. The van der Waals surface area contributed by atoms with E-state index in [1.807, 2.05) is 0 Å². The minimum absolute atomic E-state index is 0.131. The van der Waals surface area contributed by atoms with Crippen molar-refractivity contribution in [2.75, 3.05) is 18.0 Å². The fourth-order valence-corrected chi connectivity index (χ4v) is 3.59. The zero-order chi connectivity index (χ0) is 11.8. The van der Waals surface area contributed by atoms with Crippen molar-refractivity contribution in [2.24, 2.45) is 17.6 Å². The Bertz CT molecular complexity index is 388. The summed E-state index contributed by atoms with van der Waals surface area (Å²) in [6.07, 6.45) is 4.31. The van der Waals surface area contributed by atoms with Crippen LogP contribution in [0.5, 0.6) is 0 Å². The highest BCUT2D eigenvalue weighted by atomic mass is 15.2. The maximum atomic E-state index is 6.07. The van der Waals surface area contributed by atoms with E-state index in [4.69, 9.17) is 5.73 Å². The Labute approximate surface area is 104 Å². The van der Waals surface area contributed by atoms with Crippen LogP contribution in [0.1, 0.15) is 37.8 Å². The van der Waals surface area contributed by atoms with Crippen LogP contribution < -0.4 is 10.6 Å². The smallest absolute Gasteiger partial charge is 0.0414 e. The Balaban J connectivity index is 1.85. The molecule has 2 aliphatic rings. The number of rotatable bonds is 2. The lowest BCUT2D eigenvalue weighted by molar-refractivity contribution is 0.494. The van der Waals surface area contributed by atoms with Crippen LogP contribution in [0.15, 0.2) is 24.3 Å². The van der Waals surface area contributed by atoms with Gasteiger partial charge in [0.05, 0.1) is 0 Å². The monoisotopic (exact) mass is 230 g/mol. The van der Waals surface area contributed by atoms with Gasteiger partial charge >= 0.3 is 0 Å². The second kappa shape index (κ2) is 4.34. The van der Waals surface area contributed by atoms with Crippen molar-refractivity contribution in [3.8, 4) is 0 Å². The first-order valence-electron chi connectivity index (χ1n) is 6.85. The van der Waals surface area contributed by atoms with E-state index in [1.165, 1.54) is 43.6 Å². The number of hydrogen-bond acceptors (Lipinski definition) is 2. The fourth-order valence-electron chi connectivity index (χ4n) is 3.59. The molecule has 0 aromatic heterocycles. The molecule has 0 amide bonds. The first-order chi connectivity index (χ1) is 8.25. The van der Waals surface area contributed by atoms with Gasteiger partial charge in [0.15, 0.2) is 0 Å². The van der Waals surface area contributed by atoms with Crippen LogP contribution in [-0.4, -0.2) is 13.1 Å². The van der Waals surface area contributed by atoms with E-state index in [9.17, 15) is 0 Å². The van der Waals surface area contributed by atoms with Gasteiger partial charge in [0, 0.05) is 24.8 Å². The lowest BCUT2D eigenvalue weighted by Crippen LogP contribution is -2.23. The lowest BCUT2D eigenvalue weighted by atomic mass is 10.0. The highest BCUT2D eigenvalue weighted by Crippen LogP contribution is 2.40. The van der Waals surface area contributed by atoms with E-state index < -0.39 is 0 Å². The molecule has 1 aliphatic heterocycles. The third kappa shape index (κ3) is 1.95. The zero-order valence-electron chi connectivity index (χ0n) is 10.6. The molecule has 3 atom stereocenters. The van der Waals surface area contributed by atoms with Crippen LogP contribution >= 0.6 is 0 Å². The molecule has 1 aliphatic carbocycles. The summed E-state index contributed by atoms with van der Waals surface area (Å²) in [7, 11) is 0. The molecule has 0 radical (unpaired) electrons. The number of hydrogen-bond donors (Lipinski definition) is 1. The van der Waals surface area contributed by atoms with Gasteiger partial charge in [0.1, 0.15) is 0 Å². The van der Waals surface area contributed by atoms with Gasteiger partial charge < -0.3 is 10.6 Å². The Morgan fingerprint density at radius 1 is 1.18 bits per heavy atom. The van der Waals surface area contributed by atoms with Crippen LogP contribution in [0.4, 0.5) is 5.69 Å². The van der Waals surface area contributed by atoms with Crippen LogP contribution in [0.2, 0.25) is 0 Å². The zero-order valence-corrected chi connectivity index (χ0v) is 10.6. The van der Waals surface area contributed by atoms with Crippen molar-refractivity contribution in [2.45, 2.75) is 32.2 Å². The summed E-state index contributed by atoms with van der Waals surface area (Å²) < 4.78 is 0. The first-order valence-corrected chi connectivity index (χ1v) is 6.85. The van der Waals surface area contributed by atoms with Gasteiger partial charge in [-0.25, -0.2) is 0 Å². The molecule has 2 fully saturated rings. The van der Waals surface area contributed by atoms with Crippen molar-refractivity contribution in [3.63, 3.8) is 0 Å². The van der Waals surface area contributed by atoms with E-state index in [1.54, 1.807) is 0 Å². The Morgan fingerprint density at radius 3 is 2.47 bits per heavy atom. The molecule has 0 spiro atoms. The molecule has 0 bridgehead atoms. The third-order valence-corrected chi connectivity index (χ3v) is 4.49. The van der Waals surface area contributed by atoms with Gasteiger partial charge in [-0.2, -0.15) is 0 Å². The summed E-state index contributed by atoms with van der Waals surface area (Å²) in [6.45, 7) is 4.57. The molecular formula is C15H22N2. The molecule has 1 aromatic rings. The molecule has 2 heteroatoms. The molecule has 1 heterocycles. The summed E-state index contributed by atoms with van der Waals surface area (Å²) in [5.41, 5.74) is 8.74. The van der Waals surface area contributed by atoms with Gasteiger partial charge in [-0.3, -0.25) is 0 Å². The maximum absolute atomic E-state index is 6.07. The van der Waals surface area contributed by atoms with Crippen LogP contribution in [0.25, 0.3) is 0 Å². The predicted molar refractivity (Wildman–Crippen MR) is 72.1 cm³/mol. The fraction of sp³-hybridized carbons (Fsp3) is 0.600. The van der Waals surface area contributed by atoms with Gasteiger partial charge in [-0.05, 0) is 43.2 Å². The molecule has 92 valence electrons. The van der Waals surface area contributed by atoms with Crippen molar-refractivity contribution >= 4 is 5.69 Å². The van der Waals surface area contributed by atoms with Gasteiger partial charge in [0.2, 0.25) is 0 Å². The minimum Gasteiger partial charge on any atom is -0.371 e. The summed E-state index contributed by atoms with van der Waals surface area (Å²) >= 11 is 0. The SMILES string of the molecule is CC(N)c1ccccc1N1CC2CCCC2C1. The van der Waals surface area contributed by atoms with Crippen molar-refractivity contribution in [3.05, 3.63) is 29.8 Å². The molecule has 1 saturated carbocycles. The van der Waals surface area contributed by atoms with E-state index in [0.29, 0.717) is 0 Å². The predicted octanol–water partition coefficient (Wildman–Crippen LogP) is 2.94. The highest BCUT2D eigenvalue weighted by molar-refractivity contribution is 5.55. The number of benzene rings is 1. The molecule has 17 heavy (non-hydrogen) atoms. The highest BCUT2D eigenvalue weighted by Gasteiger charge is 2.36. The maximum Gasteiger partial charge on any atom is 0.0414 e. The average Bonchev–Trinajstić information content (AvgIpc) is 2.88. The Hall–Kier alpha value is -1.02. The average molecular weight is 230 g/mol. The minimum atomic E-state index is 0.131. The summed E-state index contributed by atoms with van der Waals surface area (Å²) in [5.74, 6) is 1.88. The summed E-state index contributed by atoms with van der Waals surface area (Å²) in [4.78, 5) is 2.56.